The van der Waals surface area contributed by atoms with Gasteiger partial charge in [-0.25, -0.2) is 0 Å². The summed E-state index contributed by atoms with van der Waals surface area (Å²) in [6.07, 6.45) is 17.7. The summed E-state index contributed by atoms with van der Waals surface area (Å²) in [6.45, 7) is 5.64. The number of methoxy groups -OCH3 is 1. The first-order chi connectivity index (χ1) is 20.1. The molecule has 0 saturated heterocycles. The van der Waals surface area contributed by atoms with Crippen molar-refractivity contribution in [1.29, 1.82) is 0 Å². The Kier molecular flexibility index (Phi) is 17.9. The number of ether oxygens (including phenoxy) is 3. The van der Waals surface area contributed by atoms with Crippen LogP contribution in [0.25, 0.3) is 0 Å². The molecule has 6 nitrogen and oxygen atoms in total. The number of thiazole rings is 1. The van der Waals surface area contributed by atoms with E-state index in [1.54, 1.807) is 24.5 Å². The summed E-state index contributed by atoms with van der Waals surface area (Å²) in [7, 11) is 1.63. The third-order valence-corrected chi connectivity index (χ3v) is 8.05. The quantitative estimate of drug-likeness (QED) is 0.121. The number of carbonyl (C=O) groups is 1. The van der Waals surface area contributed by atoms with Gasteiger partial charge in [-0.05, 0) is 30.7 Å². The van der Waals surface area contributed by atoms with Gasteiger partial charge in [0.2, 0.25) is 5.01 Å². The van der Waals surface area contributed by atoms with Crippen molar-refractivity contribution in [3.8, 4) is 17.2 Å². The summed E-state index contributed by atoms with van der Waals surface area (Å²) in [5, 5.41) is 6.27. The lowest BCUT2D eigenvalue weighted by Gasteiger charge is -2.14. The Morgan fingerprint density at radius 3 is 2.19 bits per heavy atom. The van der Waals surface area contributed by atoms with E-state index in [-0.39, 0.29) is 29.5 Å². The maximum atomic E-state index is 12.7. The molecule has 8 heteroatoms. The molecule has 0 aliphatic heterocycles. The fourth-order valence-corrected chi connectivity index (χ4v) is 5.46. The lowest BCUT2D eigenvalue weighted by Crippen LogP contribution is -3.00. The second-order valence-electron chi connectivity index (χ2n) is 10.6. The van der Waals surface area contributed by atoms with Crippen molar-refractivity contribution in [2.75, 3.05) is 25.6 Å². The highest BCUT2D eigenvalue weighted by molar-refractivity contribution is 7.09. The molecule has 1 N–H and O–H groups in total. The zero-order chi connectivity index (χ0) is 29.1. The van der Waals surface area contributed by atoms with Gasteiger partial charge in [-0.3, -0.25) is 4.79 Å². The van der Waals surface area contributed by atoms with Crippen LogP contribution < -0.4 is 41.1 Å². The Balaban J connectivity index is 0.00000616. The van der Waals surface area contributed by atoms with E-state index in [0.29, 0.717) is 23.9 Å². The molecule has 0 unspecified atom stereocenters. The van der Waals surface area contributed by atoms with Gasteiger partial charge in [0.15, 0.2) is 30.8 Å². The van der Waals surface area contributed by atoms with Crippen LogP contribution in [0.2, 0.25) is 0 Å². The maximum absolute atomic E-state index is 12.7. The van der Waals surface area contributed by atoms with Crippen LogP contribution in [-0.4, -0.2) is 26.2 Å². The monoisotopic (exact) mass is 660 g/mol. The van der Waals surface area contributed by atoms with Gasteiger partial charge < -0.3 is 36.5 Å². The normalized spacial score (nSPS) is 10.6. The zero-order valence-corrected chi connectivity index (χ0v) is 28.1. The number of aromatic nitrogens is 1. The minimum atomic E-state index is -0.218. The fraction of sp³-hybridized carbons (Fsp3) is 0.529. The summed E-state index contributed by atoms with van der Waals surface area (Å²) in [5.41, 5.74) is 1.88. The third-order valence-electron chi connectivity index (χ3n) is 7.21. The minimum Gasteiger partial charge on any atom is -1.00 e. The third kappa shape index (κ3) is 13.6. The molecule has 0 atom stereocenters. The molecule has 0 fully saturated rings. The first kappa shape index (κ1) is 35.6. The van der Waals surface area contributed by atoms with Crippen LogP contribution in [-0.2, 0) is 11.3 Å². The highest BCUT2D eigenvalue weighted by atomic mass is 79.9. The van der Waals surface area contributed by atoms with E-state index in [9.17, 15) is 4.79 Å². The van der Waals surface area contributed by atoms with E-state index in [0.717, 1.165) is 30.6 Å². The molecule has 1 aromatic heterocycles. The number of carbonyl (C=O) groups excluding carboxylic acids is 1. The molecule has 0 spiro atoms. The smallest absolute Gasteiger partial charge is 0.262 e. The Hall–Kier alpha value is -2.58. The van der Waals surface area contributed by atoms with Crippen molar-refractivity contribution in [2.45, 2.75) is 97.4 Å². The second kappa shape index (κ2) is 21.2. The molecule has 2 aromatic carbocycles. The number of hydrogen-bond donors (Lipinski definition) is 1. The zero-order valence-electron chi connectivity index (χ0n) is 25.7. The van der Waals surface area contributed by atoms with E-state index in [2.05, 4.69) is 41.4 Å². The predicted octanol–water partition coefficient (Wildman–Crippen LogP) is 5.50. The molecular formula is C34H49BrN2O4S. The average molecular weight is 662 g/mol. The van der Waals surface area contributed by atoms with Crippen molar-refractivity contribution in [2.24, 2.45) is 0 Å². The van der Waals surface area contributed by atoms with Crippen LogP contribution in [0, 0.1) is 6.92 Å². The van der Waals surface area contributed by atoms with Gasteiger partial charge in [-0.1, -0.05) is 101 Å². The molecule has 232 valence electrons. The van der Waals surface area contributed by atoms with Crippen LogP contribution in [0.15, 0.2) is 54.0 Å². The summed E-state index contributed by atoms with van der Waals surface area (Å²) in [5.74, 6) is 1.62. The number of nitrogens with one attached hydrogen (secondary N) is 1. The summed E-state index contributed by atoms with van der Waals surface area (Å²) >= 11 is 1.72. The number of benzene rings is 2. The van der Waals surface area contributed by atoms with Crippen molar-refractivity contribution in [1.82, 2.24) is 0 Å². The van der Waals surface area contributed by atoms with Crippen LogP contribution >= 0.6 is 11.3 Å². The molecule has 42 heavy (non-hydrogen) atoms. The number of halogens is 1. The largest absolute Gasteiger partial charge is 1.00 e. The van der Waals surface area contributed by atoms with Crippen molar-refractivity contribution in [3.05, 3.63) is 64.6 Å². The standard InChI is InChI=1S/C34H48N2O4S.BrH/c1-4-5-6-7-8-9-10-11-12-13-14-15-22-39-33-25-31(38-3)19-20-32(33)40-27-34(37)35-30-18-16-17-29(24-30)26-36-21-23-41-28(36)2;/h16-21,23-25H,4-15,22,26-27H2,1-3H3;1H. The van der Waals surface area contributed by atoms with E-state index in [1.165, 1.54) is 69.2 Å². The Bertz CT molecular complexity index is 1170. The SMILES string of the molecule is CCCCCCCCCCCCCCOc1cc(OC)ccc1OCC(=O)Nc1cccc(C[n+]2ccsc2C)c1.[Br-]. The first-order valence-corrected chi connectivity index (χ1v) is 16.2. The van der Waals surface area contributed by atoms with E-state index in [4.69, 9.17) is 14.2 Å². The molecular weight excluding hydrogens is 612 g/mol. The van der Waals surface area contributed by atoms with Gasteiger partial charge >= 0.3 is 0 Å². The average Bonchev–Trinajstić information content (AvgIpc) is 3.38. The Morgan fingerprint density at radius 2 is 1.55 bits per heavy atom. The van der Waals surface area contributed by atoms with Crippen LogP contribution in [0.4, 0.5) is 5.69 Å². The molecule has 0 saturated carbocycles. The van der Waals surface area contributed by atoms with Gasteiger partial charge in [0.05, 0.1) is 19.1 Å². The van der Waals surface area contributed by atoms with E-state index >= 15 is 0 Å². The molecule has 0 aliphatic carbocycles. The van der Waals surface area contributed by atoms with Gasteiger partial charge in [-0.15, -0.1) is 0 Å². The summed E-state index contributed by atoms with van der Waals surface area (Å²) in [4.78, 5) is 12.7. The number of rotatable bonds is 21. The number of anilines is 1. The van der Waals surface area contributed by atoms with E-state index < -0.39 is 0 Å². The summed E-state index contributed by atoms with van der Waals surface area (Å²) < 4.78 is 19.5. The number of hydrogen-bond acceptors (Lipinski definition) is 5. The number of nitrogens with zero attached hydrogens (tertiary/aromatic N) is 1. The second-order valence-corrected chi connectivity index (χ2v) is 11.7. The van der Waals surface area contributed by atoms with Crippen molar-refractivity contribution >= 4 is 22.9 Å². The lowest BCUT2D eigenvalue weighted by molar-refractivity contribution is -0.689. The number of aryl methyl sites for hydroxylation is 1. The molecule has 1 amide bonds. The van der Waals surface area contributed by atoms with Crippen LogP contribution in [0.1, 0.15) is 94.5 Å². The highest BCUT2D eigenvalue weighted by Crippen LogP contribution is 2.32. The Labute approximate surface area is 267 Å². The minimum absolute atomic E-state index is 0. The van der Waals surface area contributed by atoms with Crippen molar-refractivity contribution < 1.29 is 40.6 Å². The number of amides is 1. The topological polar surface area (TPSA) is 60.7 Å². The summed E-state index contributed by atoms with van der Waals surface area (Å²) in [6, 6.07) is 13.3. The predicted molar refractivity (Wildman–Crippen MR) is 168 cm³/mol. The lowest BCUT2D eigenvalue weighted by atomic mass is 10.1. The van der Waals surface area contributed by atoms with Crippen LogP contribution in [0.3, 0.4) is 0 Å². The maximum Gasteiger partial charge on any atom is 0.262 e. The molecule has 0 bridgehead atoms. The van der Waals surface area contributed by atoms with Gasteiger partial charge in [0, 0.05) is 24.2 Å². The number of unbranched alkanes of at least 4 members (excludes halogenated alkanes) is 11. The molecule has 0 aliphatic rings. The fourth-order valence-electron chi connectivity index (χ4n) is 4.80. The van der Waals surface area contributed by atoms with Gasteiger partial charge in [-0.2, -0.15) is 4.57 Å². The van der Waals surface area contributed by atoms with Gasteiger partial charge in [0.1, 0.15) is 5.75 Å². The molecule has 1 heterocycles. The van der Waals surface area contributed by atoms with Crippen LogP contribution in [0.5, 0.6) is 17.2 Å². The highest BCUT2D eigenvalue weighted by Gasteiger charge is 2.12. The first-order valence-electron chi connectivity index (χ1n) is 15.3. The van der Waals surface area contributed by atoms with Gasteiger partial charge in [0.25, 0.3) is 5.91 Å². The molecule has 0 radical (unpaired) electrons. The van der Waals surface area contributed by atoms with E-state index in [1.807, 2.05) is 30.3 Å². The van der Waals surface area contributed by atoms with Crippen molar-refractivity contribution in [3.63, 3.8) is 0 Å². The molecule has 3 rings (SSSR count). The molecule has 3 aromatic rings. The Morgan fingerprint density at radius 1 is 0.857 bits per heavy atom.